The van der Waals surface area contributed by atoms with Gasteiger partial charge in [0.05, 0.1) is 11.9 Å². The third-order valence-corrected chi connectivity index (χ3v) is 5.62. The SMILES string of the molecule is CC([CH]N)(CS(=O)(=O)C=Cc1ccccc1)c1cccc(C(N)N)c1. The largest absolute Gasteiger partial charge is 0.326 e. The van der Waals surface area contributed by atoms with Crippen molar-refractivity contribution in [3.05, 3.63) is 83.2 Å². The second-order valence-electron chi connectivity index (χ2n) is 6.26. The Morgan fingerprint density at radius 2 is 1.76 bits per heavy atom. The molecule has 0 heterocycles. The Morgan fingerprint density at radius 3 is 2.36 bits per heavy atom. The van der Waals surface area contributed by atoms with Gasteiger partial charge in [-0.05, 0) is 22.8 Å². The van der Waals surface area contributed by atoms with Crippen LogP contribution in [-0.2, 0) is 15.3 Å². The first-order chi connectivity index (χ1) is 11.8. The number of benzene rings is 2. The van der Waals surface area contributed by atoms with E-state index in [2.05, 4.69) is 0 Å². The van der Waals surface area contributed by atoms with Crippen LogP contribution in [0.25, 0.3) is 6.08 Å². The third kappa shape index (κ3) is 5.24. The second-order valence-corrected chi connectivity index (χ2v) is 8.14. The number of hydrogen-bond acceptors (Lipinski definition) is 5. The predicted octanol–water partition coefficient (Wildman–Crippen LogP) is 2.07. The van der Waals surface area contributed by atoms with E-state index in [1.807, 2.05) is 36.4 Å². The molecule has 2 aromatic carbocycles. The third-order valence-electron chi connectivity index (χ3n) is 4.07. The summed E-state index contributed by atoms with van der Waals surface area (Å²) in [6, 6.07) is 16.5. The predicted molar refractivity (Wildman–Crippen MR) is 103 cm³/mol. The summed E-state index contributed by atoms with van der Waals surface area (Å²) >= 11 is 0. The molecular formula is C19H24N3O2S. The minimum Gasteiger partial charge on any atom is -0.326 e. The molecule has 0 saturated carbocycles. The molecule has 0 saturated heterocycles. The second kappa shape index (κ2) is 7.93. The maximum absolute atomic E-state index is 12.6. The minimum atomic E-state index is -3.49. The van der Waals surface area contributed by atoms with Crippen molar-refractivity contribution in [1.82, 2.24) is 0 Å². The highest BCUT2D eigenvalue weighted by Gasteiger charge is 2.31. The minimum absolute atomic E-state index is 0.150. The Bertz CT molecular complexity index is 833. The fourth-order valence-corrected chi connectivity index (χ4v) is 4.10. The van der Waals surface area contributed by atoms with E-state index in [-0.39, 0.29) is 5.75 Å². The first-order valence-corrected chi connectivity index (χ1v) is 9.61. The molecule has 0 fully saturated rings. The van der Waals surface area contributed by atoms with Crippen LogP contribution in [0.15, 0.2) is 60.0 Å². The summed E-state index contributed by atoms with van der Waals surface area (Å²) in [6.45, 7) is 3.18. The topological polar surface area (TPSA) is 112 Å². The number of hydrogen-bond donors (Lipinski definition) is 3. The average Bonchev–Trinajstić information content (AvgIpc) is 2.60. The molecule has 0 aromatic heterocycles. The van der Waals surface area contributed by atoms with Crippen LogP contribution in [0.4, 0.5) is 0 Å². The molecule has 1 radical (unpaired) electrons. The lowest BCUT2D eigenvalue weighted by Crippen LogP contribution is -2.35. The monoisotopic (exact) mass is 358 g/mol. The van der Waals surface area contributed by atoms with Gasteiger partial charge in [0.1, 0.15) is 0 Å². The molecule has 133 valence electrons. The van der Waals surface area contributed by atoms with Gasteiger partial charge in [-0.25, -0.2) is 8.42 Å². The van der Waals surface area contributed by atoms with Crippen molar-refractivity contribution in [2.45, 2.75) is 18.5 Å². The fraction of sp³-hybridized carbons (Fsp3) is 0.211. The molecule has 0 aliphatic heterocycles. The van der Waals surface area contributed by atoms with Crippen molar-refractivity contribution < 1.29 is 8.42 Å². The zero-order valence-corrected chi connectivity index (χ0v) is 15.0. The molecule has 2 rings (SSSR count). The first-order valence-electron chi connectivity index (χ1n) is 7.89. The summed E-state index contributed by atoms with van der Waals surface area (Å²) in [5, 5.41) is 1.22. The van der Waals surface area contributed by atoms with Crippen LogP contribution < -0.4 is 17.2 Å². The van der Waals surface area contributed by atoms with Gasteiger partial charge in [-0.2, -0.15) is 0 Å². The molecule has 2 aromatic rings. The molecule has 0 aliphatic rings. The molecule has 5 nitrogen and oxygen atoms in total. The average molecular weight is 358 g/mol. The number of sulfone groups is 1. The van der Waals surface area contributed by atoms with Crippen molar-refractivity contribution in [1.29, 1.82) is 0 Å². The van der Waals surface area contributed by atoms with Crippen molar-refractivity contribution >= 4 is 15.9 Å². The van der Waals surface area contributed by atoms with Crippen molar-refractivity contribution in [2.24, 2.45) is 17.2 Å². The molecule has 6 N–H and O–H groups in total. The molecule has 0 amide bonds. The molecule has 0 aliphatic carbocycles. The van der Waals surface area contributed by atoms with Gasteiger partial charge in [0.15, 0.2) is 9.84 Å². The van der Waals surface area contributed by atoms with Crippen LogP contribution in [-0.4, -0.2) is 14.2 Å². The standard InChI is InChI=1S/C19H24N3O2S/c1-19(13-20,17-9-5-8-16(12-17)18(21)22)14-25(23,24)11-10-15-6-3-2-4-7-15/h2-13,18H,14,20-22H2,1H3. The van der Waals surface area contributed by atoms with Gasteiger partial charge in [0.2, 0.25) is 0 Å². The van der Waals surface area contributed by atoms with Crippen LogP contribution in [0.2, 0.25) is 0 Å². The van der Waals surface area contributed by atoms with E-state index in [1.54, 1.807) is 31.2 Å². The smallest absolute Gasteiger partial charge is 0.172 e. The Kier molecular flexibility index (Phi) is 6.13. The Balaban J connectivity index is 2.27. The van der Waals surface area contributed by atoms with Crippen molar-refractivity contribution in [2.75, 3.05) is 5.75 Å². The highest BCUT2D eigenvalue weighted by molar-refractivity contribution is 7.94. The Morgan fingerprint density at radius 1 is 1.08 bits per heavy atom. The number of rotatable bonds is 7. The van der Waals surface area contributed by atoms with E-state index in [0.29, 0.717) is 0 Å². The highest BCUT2D eigenvalue weighted by atomic mass is 32.2. The number of nitrogens with two attached hydrogens (primary N) is 3. The lowest BCUT2D eigenvalue weighted by Gasteiger charge is -2.28. The van der Waals surface area contributed by atoms with Crippen LogP contribution in [0, 0.1) is 6.54 Å². The van der Waals surface area contributed by atoms with Gasteiger partial charge >= 0.3 is 0 Å². The maximum atomic E-state index is 12.6. The molecule has 0 bridgehead atoms. The summed E-state index contributed by atoms with van der Waals surface area (Å²) in [5.74, 6) is -0.150. The molecule has 0 spiro atoms. The Hall–Kier alpha value is -1.99. The summed E-state index contributed by atoms with van der Waals surface area (Å²) in [4.78, 5) is 0. The van der Waals surface area contributed by atoms with Gasteiger partial charge < -0.3 is 17.2 Å². The van der Waals surface area contributed by atoms with E-state index in [4.69, 9.17) is 17.2 Å². The lowest BCUT2D eigenvalue weighted by atomic mass is 9.83. The lowest BCUT2D eigenvalue weighted by molar-refractivity contribution is 0.562. The fourth-order valence-electron chi connectivity index (χ4n) is 2.54. The van der Waals surface area contributed by atoms with Gasteiger partial charge in [0, 0.05) is 17.4 Å². The molecule has 1 unspecified atom stereocenters. The summed E-state index contributed by atoms with van der Waals surface area (Å²) in [6.07, 6.45) is 0.954. The van der Waals surface area contributed by atoms with Gasteiger partial charge in [-0.3, -0.25) is 0 Å². The van der Waals surface area contributed by atoms with E-state index in [0.717, 1.165) is 16.7 Å². The normalized spacial score (nSPS) is 14.8. The quantitative estimate of drug-likeness (QED) is 0.656. The van der Waals surface area contributed by atoms with E-state index in [9.17, 15) is 8.42 Å². The summed E-state index contributed by atoms with van der Waals surface area (Å²) in [7, 11) is -3.49. The van der Waals surface area contributed by atoms with E-state index in [1.165, 1.54) is 12.0 Å². The van der Waals surface area contributed by atoms with Crippen LogP contribution in [0.3, 0.4) is 0 Å². The summed E-state index contributed by atoms with van der Waals surface area (Å²) < 4.78 is 25.1. The van der Waals surface area contributed by atoms with Gasteiger partial charge in [0.25, 0.3) is 0 Å². The molecule has 25 heavy (non-hydrogen) atoms. The van der Waals surface area contributed by atoms with Crippen LogP contribution in [0.1, 0.15) is 29.8 Å². The summed E-state index contributed by atoms with van der Waals surface area (Å²) in [5.41, 5.74) is 18.7. The zero-order valence-electron chi connectivity index (χ0n) is 14.2. The van der Waals surface area contributed by atoms with E-state index >= 15 is 0 Å². The molecular weight excluding hydrogens is 334 g/mol. The molecule has 6 heteroatoms. The zero-order chi connectivity index (χ0) is 18.5. The van der Waals surface area contributed by atoms with Crippen molar-refractivity contribution in [3.8, 4) is 0 Å². The van der Waals surface area contributed by atoms with Gasteiger partial charge in [-0.15, -0.1) is 0 Å². The highest BCUT2D eigenvalue weighted by Crippen LogP contribution is 2.29. The van der Waals surface area contributed by atoms with Gasteiger partial charge in [-0.1, -0.05) is 61.5 Å². The maximum Gasteiger partial charge on any atom is 0.172 e. The van der Waals surface area contributed by atoms with Crippen LogP contribution in [0.5, 0.6) is 0 Å². The van der Waals surface area contributed by atoms with Crippen LogP contribution >= 0.6 is 0 Å². The van der Waals surface area contributed by atoms with E-state index < -0.39 is 21.4 Å². The molecule has 1 atom stereocenters. The first kappa shape index (κ1) is 19.3. The Labute approximate surface area is 149 Å². The van der Waals surface area contributed by atoms with Crippen molar-refractivity contribution in [3.63, 3.8) is 0 Å².